The van der Waals surface area contributed by atoms with Crippen LogP contribution in [0.25, 0.3) is 0 Å². The van der Waals surface area contributed by atoms with E-state index in [1.54, 1.807) is 0 Å². The van der Waals surface area contributed by atoms with E-state index in [4.69, 9.17) is 5.73 Å². The summed E-state index contributed by atoms with van der Waals surface area (Å²) in [4.78, 5) is 0. The number of ether oxygens (including phenoxy) is 1. The lowest BCUT2D eigenvalue weighted by atomic mass is 9.92. The Kier molecular flexibility index (Phi) is 3.97. The van der Waals surface area contributed by atoms with Gasteiger partial charge in [-0.05, 0) is 30.4 Å². The van der Waals surface area contributed by atoms with Crippen LogP contribution in [0, 0.1) is 0 Å². The summed E-state index contributed by atoms with van der Waals surface area (Å²) in [6.45, 7) is -0.703. The Morgan fingerprint density at radius 2 is 2.17 bits per heavy atom. The van der Waals surface area contributed by atoms with Gasteiger partial charge < -0.3 is 15.0 Å². The second kappa shape index (κ2) is 5.32. The maximum Gasteiger partial charge on any atom is 0.411 e. The molecule has 1 heterocycles. The zero-order chi connectivity index (χ0) is 13.2. The van der Waals surface area contributed by atoms with E-state index in [1.165, 1.54) is 5.56 Å². The highest BCUT2D eigenvalue weighted by Gasteiger charge is 2.27. The molecule has 2 N–H and O–H groups in total. The van der Waals surface area contributed by atoms with Gasteiger partial charge in [0.25, 0.3) is 0 Å². The molecule has 1 aromatic heterocycles. The lowest BCUT2D eigenvalue weighted by Gasteiger charge is -2.17. The minimum Gasteiger partial charge on any atom is -0.370 e. The first-order valence-electron chi connectivity index (χ1n) is 6.04. The van der Waals surface area contributed by atoms with Crippen LogP contribution in [0.2, 0.25) is 0 Å². The molecular weight excluding hydrogens is 245 g/mol. The molecule has 0 aliphatic heterocycles. The van der Waals surface area contributed by atoms with E-state index in [9.17, 15) is 13.2 Å². The molecule has 0 aromatic carbocycles. The van der Waals surface area contributed by atoms with E-state index < -0.39 is 12.8 Å². The Hall–Kier alpha value is -1.01. The molecule has 18 heavy (non-hydrogen) atoms. The second-order valence-electron chi connectivity index (χ2n) is 4.64. The maximum absolute atomic E-state index is 11.9. The number of hydrogen-bond donors (Lipinski definition) is 1. The molecule has 1 aliphatic rings. The highest BCUT2D eigenvalue weighted by atomic mass is 19.4. The lowest BCUT2D eigenvalue weighted by molar-refractivity contribution is -0.174. The van der Waals surface area contributed by atoms with Crippen molar-refractivity contribution in [3.8, 4) is 0 Å². The topological polar surface area (TPSA) is 40.2 Å². The van der Waals surface area contributed by atoms with Crippen LogP contribution >= 0.6 is 0 Å². The van der Waals surface area contributed by atoms with Crippen LogP contribution in [0.15, 0.2) is 12.4 Å². The predicted molar refractivity (Wildman–Crippen MR) is 61.2 cm³/mol. The summed E-state index contributed by atoms with van der Waals surface area (Å²) in [5.41, 5.74) is 8.31. The van der Waals surface area contributed by atoms with Crippen LogP contribution in [-0.4, -0.2) is 24.0 Å². The molecule has 1 aliphatic carbocycles. The van der Waals surface area contributed by atoms with E-state index in [2.05, 4.69) is 4.74 Å². The Bertz CT molecular complexity index is 401. The molecule has 0 fully saturated rings. The van der Waals surface area contributed by atoms with E-state index in [1.807, 2.05) is 17.0 Å². The van der Waals surface area contributed by atoms with Gasteiger partial charge in [-0.25, -0.2) is 0 Å². The van der Waals surface area contributed by atoms with Crippen molar-refractivity contribution >= 4 is 0 Å². The maximum atomic E-state index is 11.9. The number of rotatable bonds is 4. The molecule has 0 saturated heterocycles. The molecule has 2 rings (SSSR count). The van der Waals surface area contributed by atoms with Gasteiger partial charge in [0.15, 0.2) is 0 Å². The van der Waals surface area contributed by atoms with Crippen LogP contribution in [-0.2, 0) is 17.7 Å². The highest BCUT2D eigenvalue weighted by molar-refractivity contribution is 5.29. The van der Waals surface area contributed by atoms with Crippen molar-refractivity contribution in [3.05, 3.63) is 23.5 Å². The first-order chi connectivity index (χ1) is 8.46. The van der Waals surface area contributed by atoms with Crippen molar-refractivity contribution < 1.29 is 17.9 Å². The van der Waals surface area contributed by atoms with Gasteiger partial charge in [-0.15, -0.1) is 0 Å². The number of nitrogens with two attached hydrogens (primary N) is 1. The van der Waals surface area contributed by atoms with Gasteiger partial charge in [-0.1, -0.05) is 0 Å². The fourth-order valence-corrected chi connectivity index (χ4v) is 2.27. The smallest absolute Gasteiger partial charge is 0.370 e. The second-order valence-corrected chi connectivity index (χ2v) is 4.64. The van der Waals surface area contributed by atoms with Gasteiger partial charge >= 0.3 is 6.18 Å². The molecule has 6 heteroatoms. The minimum absolute atomic E-state index is 0.0578. The Morgan fingerprint density at radius 3 is 2.83 bits per heavy atom. The molecule has 0 spiro atoms. The molecule has 3 nitrogen and oxygen atoms in total. The number of hydrogen-bond acceptors (Lipinski definition) is 2. The SMILES string of the molecule is NC1CCCc2cn(CCOCC(F)(F)F)cc21. The number of fused-ring (bicyclic) bond motifs is 1. The third kappa shape index (κ3) is 3.49. The molecular formula is C12H17F3N2O. The lowest BCUT2D eigenvalue weighted by Crippen LogP contribution is -2.18. The number of nitrogens with zero attached hydrogens (tertiary/aromatic N) is 1. The van der Waals surface area contributed by atoms with Crippen LogP contribution in [0.5, 0.6) is 0 Å². The van der Waals surface area contributed by atoms with E-state index in [0.29, 0.717) is 6.54 Å². The Morgan fingerprint density at radius 1 is 1.39 bits per heavy atom. The Balaban J connectivity index is 1.84. The van der Waals surface area contributed by atoms with Crippen molar-refractivity contribution in [3.63, 3.8) is 0 Å². The van der Waals surface area contributed by atoms with Crippen LogP contribution in [0.3, 0.4) is 0 Å². The van der Waals surface area contributed by atoms with E-state index in [-0.39, 0.29) is 12.6 Å². The van der Waals surface area contributed by atoms with Crippen molar-refractivity contribution in [1.82, 2.24) is 4.57 Å². The monoisotopic (exact) mass is 262 g/mol. The van der Waals surface area contributed by atoms with Crippen LogP contribution < -0.4 is 5.73 Å². The molecule has 102 valence electrons. The van der Waals surface area contributed by atoms with Gasteiger partial charge in [0.2, 0.25) is 0 Å². The summed E-state index contributed by atoms with van der Waals surface area (Å²) < 4.78 is 42.1. The van der Waals surface area contributed by atoms with Crippen molar-refractivity contribution in [2.24, 2.45) is 5.73 Å². The summed E-state index contributed by atoms with van der Waals surface area (Å²) in [7, 11) is 0. The largest absolute Gasteiger partial charge is 0.411 e. The number of alkyl halides is 3. The average molecular weight is 262 g/mol. The minimum atomic E-state index is -4.25. The molecule has 0 amide bonds. The van der Waals surface area contributed by atoms with Gasteiger partial charge in [0.05, 0.1) is 6.61 Å². The van der Waals surface area contributed by atoms with Crippen molar-refractivity contribution in [2.75, 3.05) is 13.2 Å². The van der Waals surface area contributed by atoms with Gasteiger partial charge in [0.1, 0.15) is 6.61 Å². The van der Waals surface area contributed by atoms with Crippen molar-refractivity contribution in [1.29, 1.82) is 0 Å². The van der Waals surface area contributed by atoms with E-state index in [0.717, 1.165) is 24.8 Å². The van der Waals surface area contributed by atoms with Gasteiger partial charge in [0, 0.05) is 25.0 Å². The first kappa shape index (κ1) is 13.4. The number of aryl methyl sites for hydroxylation is 1. The quantitative estimate of drug-likeness (QED) is 0.846. The molecule has 1 aromatic rings. The summed E-state index contributed by atoms with van der Waals surface area (Å²) in [5, 5.41) is 0. The summed E-state index contributed by atoms with van der Waals surface area (Å²) in [6.07, 6.45) is 2.68. The first-order valence-corrected chi connectivity index (χ1v) is 6.04. The highest BCUT2D eigenvalue weighted by Crippen LogP contribution is 2.28. The molecule has 0 radical (unpaired) electrons. The normalized spacial score (nSPS) is 19.9. The van der Waals surface area contributed by atoms with E-state index >= 15 is 0 Å². The zero-order valence-corrected chi connectivity index (χ0v) is 10.0. The summed E-state index contributed by atoms with van der Waals surface area (Å²) in [5.74, 6) is 0. The predicted octanol–water partition coefficient (Wildman–Crippen LogP) is 2.40. The fourth-order valence-electron chi connectivity index (χ4n) is 2.27. The molecule has 1 atom stereocenters. The average Bonchev–Trinajstić information content (AvgIpc) is 2.68. The summed E-state index contributed by atoms with van der Waals surface area (Å²) >= 11 is 0. The van der Waals surface area contributed by atoms with Crippen molar-refractivity contribution in [2.45, 2.75) is 38.0 Å². The standard InChI is InChI=1S/C12H17F3N2O/c13-12(14,15)8-18-5-4-17-6-9-2-1-3-11(16)10(9)7-17/h6-7,11H,1-5,8,16H2. The third-order valence-corrected chi connectivity index (χ3v) is 3.12. The molecule has 0 saturated carbocycles. The summed E-state index contributed by atoms with van der Waals surface area (Å²) in [6, 6.07) is 0.0612. The Labute approximate surface area is 104 Å². The number of halogens is 3. The third-order valence-electron chi connectivity index (χ3n) is 3.12. The van der Waals surface area contributed by atoms with Crippen LogP contribution in [0.1, 0.15) is 30.0 Å². The van der Waals surface area contributed by atoms with Gasteiger partial charge in [-0.3, -0.25) is 0 Å². The van der Waals surface area contributed by atoms with Crippen LogP contribution in [0.4, 0.5) is 13.2 Å². The number of aromatic nitrogens is 1. The fraction of sp³-hybridized carbons (Fsp3) is 0.667. The zero-order valence-electron chi connectivity index (χ0n) is 10.0. The molecule has 1 unspecified atom stereocenters. The molecule has 0 bridgehead atoms. The van der Waals surface area contributed by atoms with Gasteiger partial charge in [-0.2, -0.15) is 13.2 Å².